The standard InChI is InChI=1S/C33H39BrClN5O3/c1-22(2)43-33(42)40-15-14-38(21-29(40)32(41)39-13-5-6-23(20-39)19-37-11-3-4-12-37)31-28-10-9-27(35)17-24(28)7-8-25-16-26(34)18-36-30(25)31/h3-4,9-12,16-18,22-23,29,31H,5-8,13-15,19-21H2,1-2H3/t23-,29-,31-/m1/s1. The SMILES string of the molecule is CC(C)OC(=O)N1CCN([C@@H]2c3ccc(Cl)cc3CCc3cc(Br)cnc32)C[C@@H]1C(=O)N1CCC[C@H](Cn2cccc2)C1. The number of carbonyl (C=O) groups is 2. The van der Waals surface area contributed by atoms with E-state index in [1.54, 1.807) is 4.90 Å². The van der Waals surface area contributed by atoms with Gasteiger partial charge >= 0.3 is 6.09 Å². The summed E-state index contributed by atoms with van der Waals surface area (Å²) in [5.41, 5.74) is 4.53. The molecule has 0 radical (unpaired) electrons. The molecule has 3 aliphatic rings. The lowest BCUT2D eigenvalue weighted by atomic mass is 9.94. The first-order chi connectivity index (χ1) is 20.8. The van der Waals surface area contributed by atoms with Gasteiger partial charge in [0.05, 0.1) is 17.8 Å². The molecule has 3 aromatic rings. The highest BCUT2D eigenvalue weighted by molar-refractivity contribution is 9.10. The van der Waals surface area contributed by atoms with Gasteiger partial charge in [0.1, 0.15) is 6.04 Å². The van der Waals surface area contributed by atoms with Crippen molar-refractivity contribution >= 4 is 39.5 Å². The molecule has 0 unspecified atom stereocenters. The zero-order valence-corrected chi connectivity index (χ0v) is 27.1. The molecule has 2 saturated heterocycles. The van der Waals surface area contributed by atoms with E-state index in [1.165, 1.54) is 11.1 Å². The van der Waals surface area contributed by atoms with Gasteiger partial charge in [0, 0.05) is 67.4 Å². The molecule has 228 valence electrons. The van der Waals surface area contributed by atoms with Crippen LogP contribution in [0.2, 0.25) is 5.02 Å². The summed E-state index contributed by atoms with van der Waals surface area (Å²) in [7, 11) is 0. The van der Waals surface area contributed by atoms with E-state index in [0.29, 0.717) is 43.7 Å². The van der Waals surface area contributed by atoms with Gasteiger partial charge < -0.3 is 14.2 Å². The fourth-order valence-corrected chi connectivity index (χ4v) is 7.51. The van der Waals surface area contributed by atoms with E-state index in [4.69, 9.17) is 21.3 Å². The third-order valence-electron chi connectivity index (χ3n) is 8.89. The van der Waals surface area contributed by atoms with Gasteiger partial charge in [-0.1, -0.05) is 17.7 Å². The van der Waals surface area contributed by atoms with Crippen LogP contribution < -0.4 is 0 Å². The van der Waals surface area contributed by atoms with E-state index in [9.17, 15) is 9.59 Å². The molecule has 0 spiro atoms. The number of aromatic nitrogens is 2. The number of benzene rings is 1. The number of halogens is 2. The van der Waals surface area contributed by atoms with Gasteiger partial charge in [-0.05, 0) is 108 Å². The number of pyridine rings is 1. The van der Waals surface area contributed by atoms with Crippen LogP contribution in [0, 0.1) is 5.92 Å². The Labute approximate surface area is 267 Å². The predicted octanol–water partition coefficient (Wildman–Crippen LogP) is 5.96. The maximum Gasteiger partial charge on any atom is 0.410 e. The van der Waals surface area contributed by atoms with Crippen molar-refractivity contribution in [3.63, 3.8) is 0 Å². The fraction of sp³-hybridized carbons (Fsp3) is 0.485. The average Bonchev–Trinajstić information content (AvgIpc) is 3.44. The van der Waals surface area contributed by atoms with Crippen LogP contribution in [0.1, 0.15) is 55.1 Å². The number of fused-ring (bicyclic) bond motifs is 2. The Morgan fingerprint density at radius 3 is 2.65 bits per heavy atom. The number of ether oxygens (including phenoxy) is 1. The molecule has 2 aromatic heterocycles. The third kappa shape index (κ3) is 6.64. The molecule has 1 aliphatic carbocycles. The Bertz CT molecular complexity index is 1410. The topological polar surface area (TPSA) is 70.9 Å². The van der Waals surface area contributed by atoms with Crippen molar-refractivity contribution < 1.29 is 14.3 Å². The van der Waals surface area contributed by atoms with Gasteiger partial charge in [-0.15, -0.1) is 0 Å². The lowest BCUT2D eigenvalue weighted by molar-refractivity contribution is -0.141. The number of nitrogens with zero attached hydrogens (tertiary/aromatic N) is 5. The first kappa shape index (κ1) is 30.2. The Hall–Kier alpha value is -2.88. The van der Waals surface area contributed by atoms with E-state index in [-0.39, 0.29) is 18.1 Å². The van der Waals surface area contributed by atoms with Crippen LogP contribution in [0.5, 0.6) is 0 Å². The number of piperidine rings is 1. The highest BCUT2D eigenvalue weighted by atomic mass is 79.9. The molecule has 0 bridgehead atoms. The summed E-state index contributed by atoms with van der Waals surface area (Å²) < 4.78 is 8.78. The first-order valence-electron chi connectivity index (χ1n) is 15.3. The molecule has 2 aliphatic heterocycles. The molecule has 2 fully saturated rings. The summed E-state index contributed by atoms with van der Waals surface area (Å²) in [6, 6.07) is 11.5. The molecule has 10 heteroatoms. The van der Waals surface area contributed by atoms with Crippen LogP contribution in [0.25, 0.3) is 0 Å². The number of piperazine rings is 1. The van der Waals surface area contributed by atoms with Crippen LogP contribution in [0.3, 0.4) is 0 Å². The summed E-state index contributed by atoms with van der Waals surface area (Å²) in [4.78, 5) is 38.7. The maximum absolute atomic E-state index is 14.4. The minimum Gasteiger partial charge on any atom is -0.447 e. The second-order valence-electron chi connectivity index (χ2n) is 12.3. The summed E-state index contributed by atoms with van der Waals surface area (Å²) in [5.74, 6) is 0.366. The lowest BCUT2D eigenvalue weighted by Gasteiger charge is -2.45. The Morgan fingerprint density at radius 1 is 1.07 bits per heavy atom. The largest absolute Gasteiger partial charge is 0.447 e. The van der Waals surface area contributed by atoms with Gasteiger partial charge in [-0.25, -0.2) is 4.79 Å². The zero-order chi connectivity index (χ0) is 30.1. The molecule has 0 N–H and O–H groups in total. The lowest BCUT2D eigenvalue weighted by Crippen LogP contribution is -2.62. The molecular formula is C33H39BrClN5O3. The van der Waals surface area contributed by atoms with Crippen LogP contribution in [0.15, 0.2) is 59.5 Å². The van der Waals surface area contributed by atoms with Crippen molar-refractivity contribution in [3.8, 4) is 0 Å². The highest BCUT2D eigenvalue weighted by Gasteiger charge is 2.43. The minimum atomic E-state index is -0.650. The van der Waals surface area contributed by atoms with Gasteiger partial charge in [-0.2, -0.15) is 0 Å². The first-order valence-corrected chi connectivity index (χ1v) is 16.5. The van der Waals surface area contributed by atoms with Crippen molar-refractivity contribution in [1.82, 2.24) is 24.3 Å². The van der Waals surface area contributed by atoms with Crippen LogP contribution in [-0.2, 0) is 28.9 Å². The monoisotopic (exact) mass is 667 g/mol. The number of hydrogen-bond donors (Lipinski definition) is 0. The van der Waals surface area contributed by atoms with Gasteiger partial charge in [0.25, 0.3) is 0 Å². The third-order valence-corrected chi connectivity index (χ3v) is 9.56. The van der Waals surface area contributed by atoms with E-state index in [0.717, 1.165) is 48.0 Å². The van der Waals surface area contributed by atoms with Crippen molar-refractivity contribution in [3.05, 3.63) is 86.9 Å². The summed E-state index contributed by atoms with van der Waals surface area (Å²) in [6.45, 7) is 7.34. The van der Waals surface area contributed by atoms with Crippen LogP contribution in [0.4, 0.5) is 4.79 Å². The molecule has 4 heterocycles. The Morgan fingerprint density at radius 2 is 1.86 bits per heavy atom. The minimum absolute atomic E-state index is 0.00319. The molecular weight excluding hydrogens is 630 g/mol. The predicted molar refractivity (Wildman–Crippen MR) is 170 cm³/mol. The van der Waals surface area contributed by atoms with E-state index in [2.05, 4.69) is 56.0 Å². The van der Waals surface area contributed by atoms with Crippen molar-refractivity contribution in [1.29, 1.82) is 0 Å². The van der Waals surface area contributed by atoms with E-state index >= 15 is 0 Å². The average molecular weight is 669 g/mol. The molecule has 8 nitrogen and oxygen atoms in total. The van der Waals surface area contributed by atoms with Crippen molar-refractivity contribution in [2.24, 2.45) is 5.92 Å². The van der Waals surface area contributed by atoms with Crippen molar-refractivity contribution in [2.45, 2.75) is 64.3 Å². The Balaban J connectivity index is 1.32. The zero-order valence-electron chi connectivity index (χ0n) is 24.8. The molecule has 0 saturated carbocycles. The molecule has 43 heavy (non-hydrogen) atoms. The number of aryl methyl sites for hydroxylation is 2. The number of rotatable bonds is 5. The number of hydrogen-bond acceptors (Lipinski definition) is 5. The number of amides is 2. The van der Waals surface area contributed by atoms with Gasteiger partial charge in [0.2, 0.25) is 5.91 Å². The van der Waals surface area contributed by atoms with Crippen molar-refractivity contribution in [2.75, 3.05) is 32.7 Å². The smallest absolute Gasteiger partial charge is 0.410 e. The molecule has 2 amide bonds. The number of likely N-dealkylation sites (tertiary alicyclic amines) is 1. The van der Waals surface area contributed by atoms with Crippen LogP contribution in [-0.4, -0.2) is 81.1 Å². The maximum atomic E-state index is 14.4. The van der Waals surface area contributed by atoms with E-state index < -0.39 is 12.1 Å². The number of carbonyl (C=O) groups excluding carboxylic acids is 2. The second-order valence-corrected chi connectivity index (χ2v) is 13.6. The summed E-state index contributed by atoms with van der Waals surface area (Å²) in [6.07, 6.45) is 9.05. The molecule has 3 atom stereocenters. The molecule has 6 rings (SSSR count). The second kappa shape index (κ2) is 13.0. The fourth-order valence-electron chi connectivity index (χ4n) is 6.93. The normalized spacial score (nSPS) is 22.6. The highest BCUT2D eigenvalue weighted by Crippen LogP contribution is 2.39. The van der Waals surface area contributed by atoms with Crippen LogP contribution >= 0.6 is 27.5 Å². The Kier molecular flexibility index (Phi) is 9.12. The summed E-state index contributed by atoms with van der Waals surface area (Å²) >= 11 is 10.1. The quantitative estimate of drug-likeness (QED) is 0.336. The van der Waals surface area contributed by atoms with E-state index in [1.807, 2.05) is 43.1 Å². The summed E-state index contributed by atoms with van der Waals surface area (Å²) in [5, 5.41) is 0.714. The molecule has 1 aromatic carbocycles. The van der Waals surface area contributed by atoms with Gasteiger partial charge in [0.15, 0.2) is 0 Å². The van der Waals surface area contributed by atoms with Gasteiger partial charge in [-0.3, -0.25) is 19.6 Å².